The second kappa shape index (κ2) is 13.1. The summed E-state index contributed by atoms with van der Waals surface area (Å²) in [7, 11) is 3.90. The van der Waals surface area contributed by atoms with E-state index in [4.69, 9.17) is 0 Å². The van der Waals surface area contributed by atoms with Gasteiger partial charge in [-0.2, -0.15) is 13.2 Å². The van der Waals surface area contributed by atoms with Crippen molar-refractivity contribution in [2.45, 2.75) is 47.7 Å². The molecule has 0 saturated carbocycles. The summed E-state index contributed by atoms with van der Waals surface area (Å²) in [4.78, 5) is 16.8. The molecule has 0 fully saturated rings. The van der Waals surface area contributed by atoms with Gasteiger partial charge in [0.05, 0.1) is 23.8 Å². The molecule has 2 rings (SSSR count). The van der Waals surface area contributed by atoms with E-state index in [0.29, 0.717) is 6.20 Å². The minimum atomic E-state index is -4.39. The lowest BCUT2D eigenvalue weighted by Crippen LogP contribution is -2.11. The molecule has 2 heterocycles. The summed E-state index contributed by atoms with van der Waals surface area (Å²) < 4.78 is 35.6. The van der Waals surface area contributed by atoms with Crippen LogP contribution in [-0.2, 0) is 6.18 Å². The first kappa shape index (κ1) is 25.0. The third-order valence-corrected chi connectivity index (χ3v) is 2.25. The van der Waals surface area contributed by atoms with Crippen LogP contribution in [0.3, 0.4) is 0 Å². The van der Waals surface area contributed by atoms with Crippen LogP contribution in [0.15, 0.2) is 24.8 Å². The standard InChI is InChI=1S/C7H11N3.C6H5F3N2.2C2H6/c1-6-4-8-5-7(9-6)10(2)3;1-4-2-10-3-5(11-4)6(7,8)9;2*1-2/h4-5H,1-3H3;2-3H,1H3;2*1-2H3. The summed E-state index contributed by atoms with van der Waals surface area (Å²) in [6, 6.07) is 0. The van der Waals surface area contributed by atoms with Gasteiger partial charge in [-0.25, -0.2) is 9.97 Å². The molecule has 0 N–H and O–H groups in total. The van der Waals surface area contributed by atoms with Gasteiger partial charge >= 0.3 is 6.18 Å². The molecule has 0 aliphatic carbocycles. The van der Waals surface area contributed by atoms with Crippen LogP contribution < -0.4 is 4.90 Å². The highest BCUT2D eigenvalue weighted by Gasteiger charge is 2.32. The third-order valence-electron chi connectivity index (χ3n) is 2.25. The van der Waals surface area contributed by atoms with E-state index in [0.717, 1.165) is 11.5 Å². The van der Waals surface area contributed by atoms with Crippen molar-refractivity contribution in [3.05, 3.63) is 41.9 Å². The zero-order valence-electron chi connectivity index (χ0n) is 16.2. The maximum absolute atomic E-state index is 11.9. The minimum absolute atomic E-state index is 0.264. The Bertz CT molecular complexity index is 586. The van der Waals surface area contributed by atoms with E-state index in [9.17, 15) is 13.2 Å². The SMILES string of the molecule is CC.CC.Cc1cncc(C(F)(F)F)n1.Cc1cncc(N(C)C)n1. The number of hydrogen-bond acceptors (Lipinski definition) is 5. The molecule has 0 amide bonds. The lowest BCUT2D eigenvalue weighted by molar-refractivity contribution is -0.141. The Morgan fingerprint density at radius 1 is 0.760 bits per heavy atom. The van der Waals surface area contributed by atoms with Crippen molar-refractivity contribution in [1.29, 1.82) is 0 Å². The number of rotatable bonds is 1. The highest BCUT2D eigenvalue weighted by atomic mass is 19.4. The Balaban J connectivity index is 0. The maximum atomic E-state index is 11.9. The summed E-state index contributed by atoms with van der Waals surface area (Å²) in [6.45, 7) is 11.4. The van der Waals surface area contributed by atoms with E-state index in [2.05, 4.69) is 19.9 Å². The number of aromatic nitrogens is 4. The number of aryl methyl sites for hydroxylation is 2. The van der Waals surface area contributed by atoms with Crippen LogP contribution in [-0.4, -0.2) is 34.0 Å². The van der Waals surface area contributed by atoms with Gasteiger partial charge in [-0.3, -0.25) is 9.97 Å². The van der Waals surface area contributed by atoms with Gasteiger partial charge in [0.15, 0.2) is 5.69 Å². The first-order valence-electron chi connectivity index (χ1n) is 8.02. The van der Waals surface area contributed by atoms with Gasteiger partial charge in [-0.15, -0.1) is 0 Å². The molecule has 0 radical (unpaired) electrons. The van der Waals surface area contributed by atoms with Crippen molar-refractivity contribution < 1.29 is 13.2 Å². The predicted octanol–water partition coefficient (Wildman–Crippen LogP) is 4.71. The van der Waals surface area contributed by atoms with Crippen LogP contribution in [0, 0.1) is 13.8 Å². The van der Waals surface area contributed by atoms with Crippen LogP contribution in [0.5, 0.6) is 0 Å². The molecule has 2 aromatic rings. The summed E-state index contributed by atoms with van der Waals surface area (Å²) in [5.74, 6) is 0.903. The molecule has 0 aliphatic rings. The molecule has 8 heteroatoms. The Kier molecular flexibility index (Phi) is 13.1. The van der Waals surface area contributed by atoms with Gasteiger partial charge in [0, 0.05) is 26.5 Å². The zero-order valence-corrected chi connectivity index (χ0v) is 16.2. The van der Waals surface area contributed by atoms with E-state index < -0.39 is 11.9 Å². The van der Waals surface area contributed by atoms with Gasteiger partial charge in [0.25, 0.3) is 0 Å². The van der Waals surface area contributed by atoms with E-state index >= 15 is 0 Å². The molecule has 0 saturated heterocycles. The Hall–Kier alpha value is -2.25. The van der Waals surface area contributed by atoms with Crippen LogP contribution in [0.2, 0.25) is 0 Å². The van der Waals surface area contributed by atoms with Crippen molar-refractivity contribution in [1.82, 2.24) is 19.9 Å². The molecule has 0 aromatic carbocycles. The molecule has 0 bridgehead atoms. The van der Waals surface area contributed by atoms with E-state index in [1.807, 2.05) is 53.6 Å². The average molecular weight is 359 g/mol. The first-order valence-corrected chi connectivity index (χ1v) is 8.02. The average Bonchev–Trinajstić information content (AvgIpc) is 2.58. The van der Waals surface area contributed by atoms with Crippen LogP contribution in [0.25, 0.3) is 0 Å². The zero-order chi connectivity index (χ0) is 20.0. The Morgan fingerprint density at radius 3 is 1.48 bits per heavy atom. The van der Waals surface area contributed by atoms with Crippen LogP contribution in [0.4, 0.5) is 19.0 Å². The van der Waals surface area contributed by atoms with Crippen molar-refractivity contribution >= 4 is 5.82 Å². The largest absolute Gasteiger partial charge is 0.434 e. The second-order valence-electron chi connectivity index (χ2n) is 4.46. The Labute approximate surface area is 148 Å². The highest BCUT2D eigenvalue weighted by Crippen LogP contribution is 2.26. The van der Waals surface area contributed by atoms with Gasteiger partial charge in [0.2, 0.25) is 0 Å². The fraction of sp³-hybridized carbons (Fsp3) is 0.529. The highest BCUT2D eigenvalue weighted by molar-refractivity contribution is 5.33. The second-order valence-corrected chi connectivity index (χ2v) is 4.46. The number of nitrogens with zero attached hydrogens (tertiary/aromatic N) is 5. The molecule has 2 aromatic heterocycles. The number of anilines is 1. The van der Waals surface area contributed by atoms with E-state index in [1.165, 1.54) is 13.1 Å². The maximum Gasteiger partial charge on any atom is 0.434 e. The van der Waals surface area contributed by atoms with Crippen molar-refractivity contribution in [3.63, 3.8) is 0 Å². The van der Waals surface area contributed by atoms with Crippen LogP contribution >= 0.6 is 0 Å². The summed E-state index contributed by atoms with van der Waals surface area (Å²) in [5, 5.41) is 0. The molecule has 0 aliphatic heterocycles. The van der Waals surface area contributed by atoms with E-state index in [-0.39, 0.29) is 5.69 Å². The summed E-state index contributed by atoms with van der Waals surface area (Å²) in [5.41, 5.74) is 0.267. The van der Waals surface area contributed by atoms with Crippen LogP contribution in [0.1, 0.15) is 44.8 Å². The molecule has 0 spiro atoms. The normalized spacial score (nSPS) is 9.40. The number of halogens is 3. The molecule has 25 heavy (non-hydrogen) atoms. The third kappa shape index (κ3) is 11.0. The van der Waals surface area contributed by atoms with Gasteiger partial charge < -0.3 is 4.90 Å². The molecule has 142 valence electrons. The summed E-state index contributed by atoms with van der Waals surface area (Å²) >= 11 is 0. The molecule has 0 unspecified atom stereocenters. The van der Waals surface area contributed by atoms with E-state index in [1.54, 1.807) is 12.4 Å². The lowest BCUT2D eigenvalue weighted by Gasteiger charge is -2.09. The predicted molar refractivity (Wildman–Crippen MR) is 95.6 cm³/mol. The molecular formula is C17H28F3N5. The number of alkyl halides is 3. The topological polar surface area (TPSA) is 54.8 Å². The first-order chi connectivity index (χ1) is 11.7. The molecular weight excluding hydrogens is 331 g/mol. The number of hydrogen-bond donors (Lipinski definition) is 0. The van der Waals surface area contributed by atoms with Gasteiger partial charge in [-0.1, -0.05) is 27.7 Å². The van der Waals surface area contributed by atoms with Crippen molar-refractivity contribution in [3.8, 4) is 0 Å². The fourth-order valence-electron chi connectivity index (χ4n) is 1.27. The molecule has 5 nitrogen and oxygen atoms in total. The molecule has 0 atom stereocenters. The fourth-order valence-corrected chi connectivity index (χ4v) is 1.27. The quantitative estimate of drug-likeness (QED) is 0.738. The summed E-state index contributed by atoms with van der Waals surface area (Å²) in [6.07, 6.45) is 1.07. The van der Waals surface area contributed by atoms with Crippen molar-refractivity contribution in [2.24, 2.45) is 0 Å². The lowest BCUT2D eigenvalue weighted by atomic mass is 10.4. The van der Waals surface area contributed by atoms with Gasteiger partial charge in [-0.05, 0) is 13.8 Å². The Morgan fingerprint density at radius 2 is 1.20 bits per heavy atom. The smallest absolute Gasteiger partial charge is 0.361 e. The van der Waals surface area contributed by atoms with Crippen molar-refractivity contribution in [2.75, 3.05) is 19.0 Å². The van der Waals surface area contributed by atoms with Gasteiger partial charge in [0.1, 0.15) is 5.82 Å². The minimum Gasteiger partial charge on any atom is -0.361 e. The monoisotopic (exact) mass is 359 g/mol.